The number of nitrogens with one attached hydrogen (secondary N) is 1. The molecule has 1 unspecified atom stereocenters. The van der Waals surface area contributed by atoms with Gasteiger partial charge in [-0.3, -0.25) is 9.59 Å². The molecule has 9 nitrogen and oxygen atoms in total. The molecule has 0 radical (unpaired) electrons. The highest BCUT2D eigenvalue weighted by Crippen LogP contribution is 2.41. The minimum Gasteiger partial charge on any atom is -0.465 e. The van der Waals surface area contributed by atoms with Gasteiger partial charge in [-0.05, 0) is 32.0 Å². The van der Waals surface area contributed by atoms with Crippen LogP contribution < -0.4 is 11.1 Å². The average molecular weight is 483 g/mol. The van der Waals surface area contributed by atoms with Crippen LogP contribution in [0.15, 0.2) is 18.2 Å². The predicted octanol–water partition coefficient (Wildman–Crippen LogP) is 3.32. The van der Waals surface area contributed by atoms with Gasteiger partial charge in [0.25, 0.3) is 5.95 Å². The number of nitrogens with two attached hydrogens (primary N) is 1. The topological polar surface area (TPSA) is 125 Å². The molecule has 0 saturated carbocycles. The summed E-state index contributed by atoms with van der Waals surface area (Å²) in [5, 5.41) is 7.49. The van der Waals surface area contributed by atoms with Crippen molar-refractivity contribution in [2.45, 2.75) is 38.3 Å². The molecule has 0 bridgehead atoms. The smallest absolute Gasteiger partial charge is 0.389 e. The van der Waals surface area contributed by atoms with Gasteiger partial charge in [-0.1, -0.05) is 11.6 Å². The maximum atomic E-state index is 12.8. The third-order valence-electron chi connectivity index (χ3n) is 5.35. The molecule has 0 aliphatic carbocycles. The number of amides is 1. The van der Waals surface area contributed by atoms with E-state index in [1.54, 1.807) is 19.1 Å². The molecule has 3 heterocycles. The Bertz CT molecular complexity index is 1290. The van der Waals surface area contributed by atoms with Crippen LogP contribution >= 0.6 is 11.6 Å². The summed E-state index contributed by atoms with van der Waals surface area (Å²) >= 11 is 6.04. The second-order valence-electron chi connectivity index (χ2n) is 7.57. The fourth-order valence-corrected chi connectivity index (χ4v) is 3.88. The van der Waals surface area contributed by atoms with E-state index in [4.69, 9.17) is 22.1 Å². The molecule has 3 N–H and O–H groups in total. The van der Waals surface area contributed by atoms with Gasteiger partial charge in [0.05, 0.1) is 23.4 Å². The number of esters is 1. The first-order valence-corrected chi connectivity index (χ1v) is 10.2. The molecule has 4 rings (SSSR count). The second-order valence-corrected chi connectivity index (χ2v) is 8.00. The number of nitrogens with zero attached hydrogens (tertiary/aromatic N) is 4. The number of carbonyl (C=O) groups is 2. The Morgan fingerprint density at radius 2 is 2.06 bits per heavy atom. The fraction of sp³-hybridized carbons (Fsp3) is 0.350. The van der Waals surface area contributed by atoms with Gasteiger partial charge in [0.15, 0.2) is 5.41 Å². The number of nitrogen functional groups attached to an aromatic ring is 1. The van der Waals surface area contributed by atoms with Crippen molar-refractivity contribution in [2.24, 2.45) is 0 Å². The van der Waals surface area contributed by atoms with Crippen molar-refractivity contribution in [1.29, 1.82) is 0 Å². The summed E-state index contributed by atoms with van der Waals surface area (Å²) in [6.07, 6.45) is -5.83. The SMILES string of the molecule is CCOC(=O)C1(C)C(=O)Nc2nc(-n3nc(CCC(F)(F)F)c4cc(Cl)ccc43)nc(N)c21. The Labute approximate surface area is 190 Å². The number of hydrogen-bond donors (Lipinski definition) is 2. The lowest BCUT2D eigenvalue weighted by atomic mass is 9.84. The van der Waals surface area contributed by atoms with E-state index in [0.717, 1.165) is 0 Å². The number of halogens is 4. The summed E-state index contributed by atoms with van der Waals surface area (Å²) in [6, 6.07) is 4.62. The molecule has 3 aromatic rings. The van der Waals surface area contributed by atoms with Crippen LogP contribution in [0.5, 0.6) is 0 Å². The summed E-state index contributed by atoms with van der Waals surface area (Å²) in [6.45, 7) is 3.01. The van der Waals surface area contributed by atoms with Gasteiger partial charge in [0.2, 0.25) is 5.91 Å². The number of ether oxygens (including phenoxy) is 1. The highest BCUT2D eigenvalue weighted by molar-refractivity contribution is 6.31. The van der Waals surface area contributed by atoms with Crippen LogP contribution in [0, 0.1) is 0 Å². The highest BCUT2D eigenvalue weighted by Gasteiger charge is 2.53. The minimum atomic E-state index is -4.37. The Morgan fingerprint density at radius 1 is 1.33 bits per heavy atom. The molecule has 1 atom stereocenters. The zero-order valence-corrected chi connectivity index (χ0v) is 18.2. The van der Waals surface area contributed by atoms with Crippen LogP contribution in [-0.2, 0) is 26.2 Å². The van der Waals surface area contributed by atoms with Gasteiger partial charge in [0.1, 0.15) is 11.6 Å². The molecular formula is C20H18ClF3N6O3. The Morgan fingerprint density at radius 3 is 2.73 bits per heavy atom. The molecule has 13 heteroatoms. The minimum absolute atomic E-state index is 0.00694. The standard InChI is InChI=1S/C20H18ClF3N6O3/c1-3-33-17(32)19(2)13-14(25)26-18(28-15(13)27-16(19)31)30-12-5-4-9(21)8-10(12)11(29-30)6-7-20(22,23)24/h4-5,8H,3,6-7H2,1-2H3,(H3,25,26,27,28,31). The van der Waals surface area contributed by atoms with E-state index in [1.165, 1.54) is 17.7 Å². The maximum absolute atomic E-state index is 12.8. The van der Waals surface area contributed by atoms with E-state index in [2.05, 4.69) is 20.4 Å². The number of anilines is 2. The van der Waals surface area contributed by atoms with Crippen LogP contribution in [0.2, 0.25) is 5.02 Å². The van der Waals surface area contributed by atoms with Crippen molar-refractivity contribution in [1.82, 2.24) is 19.7 Å². The van der Waals surface area contributed by atoms with Gasteiger partial charge in [-0.2, -0.15) is 32.9 Å². The lowest BCUT2D eigenvalue weighted by Crippen LogP contribution is -2.41. The lowest BCUT2D eigenvalue weighted by Gasteiger charge is -2.20. The zero-order valence-electron chi connectivity index (χ0n) is 17.5. The first-order valence-electron chi connectivity index (χ1n) is 9.86. The van der Waals surface area contributed by atoms with E-state index in [0.29, 0.717) is 15.9 Å². The normalized spacial score (nSPS) is 17.8. The van der Waals surface area contributed by atoms with Gasteiger partial charge in [0, 0.05) is 23.3 Å². The number of benzene rings is 1. The first kappa shape index (κ1) is 22.8. The highest BCUT2D eigenvalue weighted by atomic mass is 35.5. The molecule has 0 spiro atoms. The molecule has 2 aromatic heterocycles. The quantitative estimate of drug-likeness (QED) is 0.422. The number of aromatic nitrogens is 4. The molecule has 1 aliphatic heterocycles. The van der Waals surface area contributed by atoms with E-state index in [9.17, 15) is 22.8 Å². The van der Waals surface area contributed by atoms with E-state index < -0.39 is 29.9 Å². The summed E-state index contributed by atoms with van der Waals surface area (Å²) in [5.74, 6) is -1.76. The molecule has 1 aromatic carbocycles. The number of aryl methyl sites for hydroxylation is 1. The summed E-state index contributed by atoms with van der Waals surface area (Å²) < 4.78 is 44.7. The molecule has 1 aliphatic rings. The number of carbonyl (C=O) groups excluding carboxylic acids is 2. The average Bonchev–Trinajstić information content (AvgIpc) is 3.21. The Kier molecular flexibility index (Phi) is 5.43. The molecule has 0 fully saturated rings. The zero-order chi connectivity index (χ0) is 24.1. The van der Waals surface area contributed by atoms with Crippen LogP contribution in [0.3, 0.4) is 0 Å². The van der Waals surface area contributed by atoms with Crippen molar-refractivity contribution in [3.63, 3.8) is 0 Å². The van der Waals surface area contributed by atoms with Crippen LogP contribution in [0.4, 0.5) is 24.8 Å². The molecule has 1 amide bonds. The summed E-state index contributed by atoms with van der Waals surface area (Å²) in [4.78, 5) is 33.6. The predicted molar refractivity (Wildman–Crippen MR) is 113 cm³/mol. The van der Waals surface area contributed by atoms with Crippen molar-refractivity contribution in [2.75, 3.05) is 17.7 Å². The van der Waals surface area contributed by atoms with Crippen molar-refractivity contribution in [3.8, 4) is 5.95 Å². The van der Waals surface area contributed by atoms with E-state index in [-0.39, 0.29) is 41.9 Å². The van der Waals surface area contributed by atoms with Crippen LogP contribution in [0.25, 0.3) is 16.9 Å². The van der Waals surface area contributed by atoms with E-state index >= 15 is 0 Å². The first-order chi connectivity index (χ1) is 15.5. The van der Waals surface area contributed by atoms with Gasteiger partial charge in [-0.15, -0.1) is 0 Å². The van der Waals surface area contributed by atoms with Crippen molar-refractivity contribution >= 4 is 46.0 Å². The third kappa shape index (κ3) is 3.84. The summed E-state index contributed by atoms with van der Waals surface area (Å²) in [7, 11) is 0. The second kappa shape index (κ2) is 7.87. The van der Waals surface area contributed by atoms with Gasteiger partial charge >= 0.3 is 12.1 Å². The lowest BCUT2D eigenvalue weighted by molar-refractivity contribution is -0.152. The monoisotopic (exact) mass is 482 g/mol. The number of fused-ring (bicyclic) bond motifs is 2. The maximum Gasteiger partial charge on any atom is 0.389 e. The van der Waals surface area contributed by atoms with Crippen LogP contribution in [-0.4, -0.2) is 44.4 Å². The number of hydrogen-bond acceptors (Lipinski definition) is 7. The van der Waals surface area contributed by atoms with Gasteiger partial charge in [-0.25, -0.2) is 0 Å². The van der Waals surface area contributed by atoms with E-state index in [1.807, 2.05) is 0 Å². The fourth-order valence-electron chi connectivity index (χ4n) is 3.71. The molecule has 0 saturated heterocycles. The Balaban J connectivity index is 1.84. The van der Waals surface area contributed by atoms with Crippen LogP contribution in [0.1, 0.15) is 31.5 Å². The van der Waals surface area contributed by atoms with Gasteiger partial charge < -0.3 is 15.8 Å². The van der Waals surface area contributed by atoms with Crippen molar-refractivity contribution < 1.29 is 27.5 Å². The molecule has 33 heavy (non-hydrogen) atoms. The third-order valence-corrected chi connectivity index (χ3v) is 5.58. The Hall–Kier alpha value is -3.41. The van der Waals surface area contributed by atoms with Crippen molar-refractivity contribution in [3.05, 3.63) is 34.5 Å². The largest absolute Gasteiger partial charge is 0.465 e. The molecule has 174 valence electrons. The number of rotatable bonds is 5. The molecular weight excluding hydrogens is 465 g/mol. The summed E-state index contributed by atoms with van der Waals surface area (Å²) in [5.41, 5.74) is 4.97. The number of alkyl halides is 3.